The average Bonchev–Trinajstić information content (AvgIpc) is 2.54. The summed E-state index contributed by atoms with van der Waals surface area (Å²) in [4.78, 5) is 40.2. The van der Waals surface area contributed by atoms with E-state index in [1.54, 1.807) is 0 Å². The maximum atomic E-state index is 11.2. The van der Waals surface area contributed by atoms with Crippen LogP contribution in [-0.2, 0) is 0 Å². The van der Waals surface area contributed by atoms with Gasteiger partial charge in [0, 0.05) is 6.07 Å². The second kappa shape index (κ2) is 6.53. The van der Waals surface area contributed by atoms with Gasteiger partial charge in [-0.2, -0.15) is 0 Å². The number of rotatable bonds is 6. The summed E-state index contributed by atoms with van der Waals surface area (Å²) in [5.74, 6) is 0. The summed E-state index contributed by atoms with van der Waals surface area (Å²) in [6, 6.07) is 6.05. The number of nitro benzene ring substituents is 4. The first-order chi connectivity index (χ1) is 11.7. The van der Waals surface area contributed by atoms with E-state index in [-0.39, 0.29) is 5.69 Å². The normalized spacial score (nSPS) is 10.1. The van der Waals surface area contributed by atoms with Crippen molar-refractivity contribution in [3.8, 4) is 0 Å². The number of nitrogens with zero attached hydrogens (tertiary/aromatic N) is 4. The van der Waals surface area contributed by atoms with Gasteiger partial charge in [0.25, 0.3) is 11.4 Å². The van der Waals surface area contributed by atoms with Crippen LogP contribution in [0.5, 0.6) is 0 Å². The van der Waals surface area contributed by atoms with E-state index >= 15 is 0 Å². The molecule has 0 unspecified atom stereocenters. The standard InChI is InChI=1S/C12H7N5O8/c18-14(19)7-5-10(16(22)23)12(11(6-7)17(24)25)13-8-3-1-2-4-9(8)15(20)21/h1-6,13H. The van der Waals surface area contributed by atoms with Crippen molar-refractivity contribution in [3.05, 3.63) is 76.9 Å². The van der Waals surface area contributed by atoms with Gasteiger partial charge in [0.05, 0.1) is 31.8 Å². The van der Waals surface area contributed by atoms with Crippen molar-refractivity contribution in [2.45, 2.75) is 0 Å². The highest BCUT2D eigenvalue weighted by molar-refractivity contribution is 5.83. The molecule has 2 aromatic rings. The molecule has 128 valence electrons. The van der Waals surface area contributed by atoms with E-state index in [1.165, 1.54) is 18.2 Å². The SMILES string of the molecule is O=[N+]([O-])c1cc([N+](=O)[O-])c(Nc2ccccc2[N+](=O)[O-])c([N+](=O)[O-])c1. The van der Waals surface area contributed by atoms with Crippen molar-refractivity contribution in [3.63, 3.8) is 0 Å². The Kier molecular flexibility index (Phi) is 4.49. The third-order valence-electron chi connectivity index (χ3n) is 3.05. The molecule has 0 aliphatic rings. The number of nitro groups is 4. The molecule has 0 radical (unpaired) electrons. The molecule has 13 nitrogen and oxygen atoms in total. The molecule has 25 heavy (non-hydrogen) atoms. The van der Waals surface area contributed by atoms with Crippen molar-refractivity contribution in [2.24, 2.45) is 0 Å². The van der Waals surface area contributed by atoms with Crippen LogP contribution in [0.2, 0.25) is 0 Å². The van der Waals surface area contributed by atoms with Gasteiger partial charge < -0.3 is 5.32 Å². The van der Waals surface area contributed by atoms with Gasteiger partial charge in [-0.05, 0) is 6.07 Å². The summed E-state index contributed by atoms with van der Waals surface area (Å²) < 4.78 is 0. The minimum atomic E-state index is -1.06. The fourth-order valence-electron chi connectivity index (χ4n) is 1.99. The lowest BCUT2D eigenvalue weighted by Gasteiger charge is -2.08. The van der Waals surface area contributed by atoms with Gasteiger partial charge in [-0.15, -0.1) is 0 Å². The van der Waals surface area contributed by atoms with Crippen LogP contribution >= 0.6 is 0 Å². The molecule has 0 heterocycles. The first kappa shape index (κ1) is 17.2. The highest BCUT2D eigenvalue weighted by Crippen LogP contribution is 2.41. The van der Waals surface area contributed by atoms with Crippen LogP contribution in [0.15, 0.2) is 36.4 Å². The lowest BCUT2D eigenvalue weighted by molar-refractivity contribution is -0.401. The molecule has 1 N–H and O–H groups in total. The first-order valence-corrected chi connectivity index (χ1v) is 6.34. The van der Waals surface area contributed by atoms with Gasteiger partial charge >= 0.3 is 11.4 Å². The van der Waals surface area contributed by atoms with Crippen LogP contribution in [-0.4, -0.2) is 19.7 Å². The van der Waals surface area contributed by atoms with Crippen molar-refractivity contribution < 1.29 is 19.7 Å². The Bertz CT molecular complexity index is 877. The summed E-state index contributed by atoms with van der Waals surface area (Å²) in [5.41, 5.74) is -4.20. The largest absolute Gasteiger partial charge is 0.339 e. The molecular weight excluding hydrogens is 342 g/mol. The topological polar surface area (TPSA) is 185 Å². The summed E-state index contributed by atoms with van der Waals surface area (Å²) in [6.07, 6.45) is 0. The van der Waals surface area contributed by atoms with E-state index in [1.807, 2.05) is 0 Å². The lowest BCUT2D eigenvalue weighted by atomic mass is 10.2. The zero-order chi connectivity index (χ0) is 18.7. The second-order valence-corrected chi connectivity index (χ2v) is 4.53. The molecule has 2 aromatic carbocycles. The van der Waals surface area contributed by atoms with Crippen molar-refractivity contribution >= 4 is 34.1 Å². The van der Waals surface area contributed by atoms with Crippen LogP contribution < -0.4 is 5.32 Å². The van der Waals surface area contributed by atoms with E-state index in [2.05, 4.69) is 5.32 Å². The number of benzene rings is 2. The molecule has 0 aliphatic heterocycles. The number of para-hydroxylation sites is 2. The third-order valence-corrected chi connectivity index (χ3v) is 3.05. The number of anilines is 2. The van der Waals surface area contributed by atoms with Gasteiger partial charge in [0.2, 0.25) is 0 Å². The monoisotopic (exact) mass is 349 g/mol. The van der Waals surface area contributed by atoms with E-state index < -0.39 is 48.1 Å². The smallest absolute Gasteiger partial charge is 0.306 e. The molecule has 0 aromatic heterocycles. The predicted molar refractivity (Wildman–Crippen MR) is 82.8 cm³/mol. The molecule has 0 aliphatic carbocycles. The maximum Gasteiger partial charge on any atom is 0.306 e. The molecule has 0 spiro atoms. The van der Waals surface area contributed by atoms with Crippen LogP contribution in [0.1, 0.15) is 0 Å². The Balaban J connectivity index is 2.72. The molecular formula is C12H7N5O8. The fourth-order valence-corrected chi connectivity index (χ4v) is 1.99. The van der Waals surface area contributed by atoms with E-state index in [4.69, 9.17) is 0 Å². The quantitative estimate of drug-likeness (QED) is 0.604. The molecule has 0 bridgehead atoms. The molecule has 13 heteroatoms. The van der Waals surface area contributed by atoms with Crippen molar-refractivity contribution in [1.82, 2.24) is 0 Å². The highest BCUT2D eigenvalue weighted by atomic mass is 16.6. The molecule has 0 amide bonds. The Morgan fingerprint density at radius 3 is 1.60 bits per heavy atom. The minimum Gasteiger partial charge on any atom is -0.339 e. The maximum absolute atomic E-state index is 11.2. The summed E-state index contributed by atoms with van der Waals surface area (Å²) >= 11 is 0. The second-order valence-electron chi connectivity index (χ2n) is 4.53. The van der Waals surface area contributed by atoms with Crippen molar-refractivity contribution in [2.75, 3.05) is 5.32 Å². The van der Waals surface area contributed by atoms with Gasteiger partial charge in [0.1, 0.15) is 5.69 Å². The van der Waals surface area contributed by atoms with Gasteiger partial charge in [0.15, 0.2) is 5.69 Å². The van der Waals surface area contributed by atoms with Crippen molar-refractivity contribution in [1.29, 1.82) is 0 Å². The van der Waals surface area contributed by atoms with E-state index in [0.717, 1.165) is 6.07 Å². The Hall–Kier alpha value is -4.16. The van der Waals surface area contributed by atoms with Crippen LogP contribution in [0, 0.1) is 40.5 Å². The van der Waals surface area contributed by atoms with Crippen LogP contribution in [0.4, 0.5) is 34.1 Å². The predicted octanol–water partition coefficient (Wildman–Crippen LogP) is 3.06. The number of hydrogen-bond acceptors (Lipinski definition) is 9. The molecule has 0 fully saturated rings. The highest BCUT2D eigenvalue weighted by Gasteiger charge is 2.31. The van der Waals surface area contributed by atoms with Crippen LogP contribution in [0.25, 0.3) is 0 Å². The average molecular weight is 349 g/mol. The van der Waals surface area contributed by atoms with E-state index in [9.17, 15) is 40.5 Å². The van der Waals surface area contributed by atoms with Gasteiger partial charge in [-0.1, -0.05) is 12.1 Å². The number of hydrogen-bond donors (Lipinski definition) is 1. The molecule has 0 saturated heterocycles. The minimum absolute atomic E-state index is 0.243. The van der Waals surface area contributed by atoms with Gasteiger partial charge in [-0.25, -0.2) is 0 Å². The zero-order valence-corrected chi connectivity index (χ0v) is 12.0. The fraction of sp³-hybridized carbons (Fsp3) is 0. The number of non-ortho nitro benzene ring substituents is 1. The Morgan fingerprint density at radius 1 is 0.680 bits per heavy atom. The van der Waals surface area contributed by atoms with Crippen LogP contribution in [0.3, 0.4) is 0 Å². The van der Waals surface area contributed by atoms with Gasteiger partial charge in [-0.3, -0.25) is 40.5 Å². The first-order valence-electron chi connectivity index (χ1n) is 6.34. The summed E-state index contributed by atoms with van der Waals surface area (Å²) in [5, 5.41) is 46.4. The van der Waals surface area contributed by atoms with E-state index in [0.29, 0.717) is 12.1 Å². The summed E-state index contributed by atoms with van der Waals surface area (Å²) in [7, 11) is 0. The Labute approximate surface area is 137 Å². The zero-order valence-electron chi connectivity index (χ0n) is 12.0. The summed E-state index contributed by atoms with van der Waals surface area (Å²) in [6.45, 7) is 0. The number of nitrogens with one attached hydrogen (secondary N) is 1. The Morgan fingerprint density at radius 2 is 1.16 bits per heavy atom. The molecule has 0 atom stereocenters. The third kappa shape index (κ3) is 3.44. The lowest BCUT2D eigenvalue weighted by Crippen LogP contribution is -2.04. The molecule has 2 rings (SSSR count). The molecule has 0 saturated carbocycles.